The van der Waals surface area contributed by atoms with Crippen LogP contribution in [0.5, 0.6) is 0 Å². The van der Waals surface area contributed by atoms with Gasteiger partial charge in [0.25, 0.3) is 0 Å². The molecule has 101 heavy (non-hydrogen) atoms. The second-order valence-electron chi connectivity index (χ2n) is 30.8. The number of carbonyl (C=O) groups is 6. The molecule has 11 rings (SSSR count). The molecule has 7 fully saturated rings. The second-order valence-corrected chi connectivity index (χ2v) is 40.2. The van der Waals surface area contributed by atoms with Crippen molar-refractivity contribution in [2.75, 3.05) is 40.6 Å². The van der Waals surface area contributed by atoms with Gasteiger partial charge in [0, 0.05) is 71.4 Å². The van der Waals surface area contributed by atoms with Crippen molar-refractivity contribution >= 4 is 52.1 Å². The van der Waals surface area contributed by atoms with Crippen LogP contribution in [0.25, 0.3) is 0 Å². The Bertz CT molecular complexity index is 3130. The average Bonchev–Trinajstić information content (AvgIpc) is 0.842. The Hall–Kier alpha value is -4.27. The van der Waals surface area contributed by atoms with Crippen LogP contribution in [0, 0.1) is 33.5 Å². The number of hydrogen-bond donors (Lipinski definition) is 3. The number of benzene rings is 2. The quantitative estimate of drug-likeness (QED) is 0.0569. The Labute approximate surface area is 612 Å². The molecule has 3 aliphatic heterocycles. The van der Waals surface area contributed by atoms with Gasteiger partial charge in [-0.15, -0.1) is 6.10 Å². The topological polar surface area (TPSA) is 288 Å². The monoisotopic (exact) mass is 1440 g/mol. The summed E-state index contributed by atoms with van der Waals surface area (Å²) in [6, 6.07) is 21.7. The van der Waals surface area contributed by atoms with Crippen LogP contribution in [-0.4, -0.2) is 191 Å². The normalized spacial score (nSPS) is 36.5. The molecule has 2 aromatic rings. The first-order chi connectivity index (χ1) is 46.6. The molecule has 3 heterocycles. The molecule has 21 nitrogen and oxygen atoms in total. The van der Waals surface area contributed by atoms with E-state index in [2.05, 4.69) is 41.5 Å². The number of esters is 4. The van der Waals surface area contributed by atoms with Gasteiger partial charge in [0.1, 0.15) is 47.8 Å². The molecule has 3 saturated heterocycles. The van der Waals surface area contributed by atoms with E-state index in [1.807, 2.05) is 0 Å². The van der Waals surface area contributed by atoms with Gasteiger partial charge >= 0.3 is 42.7 Å². The Kier molecular flexibility index (Phi) is 26.3. The number of ketones is 2. The molecular weight excluding hydrogens is 1320 g/mol. The van der Waals surface area contributed by atoms with Crippen LogP contribution in [-0.2, 0) is 70.7 Å². The van der Waals surface area contributed by atoms with Gasteiger partial charge in [-0.2, -0.15) is 0 Å². The van der Waals surface area contributed by atoms with E-state index in [0.717, 1.165) is 49.5 Å². The molecule has 4 saturated carbocycles. The maximum atomic E-state index is 15.5. The Morgan fingerprint density at radius 3 is 1.22 bits per heavy atom. The number of aliphatic hydroxyl groups excluding tert-OH is 1. The van der Waals surface area contributed by atoms with Gasteiger partial charge < -0.3 is 71.9 Å². The summed E-state index contributed by atoms with van der Waals surface area (Å²) in [7, 11) is -1.91. The molecule has 0 aromatic heterocycles. The Balaban J connectivity index is 0.000000260. The fourth-order valence-corrected chi connectivity index (χ4v) is 25.0. The summed E-state index contributed by atoms with van der Waals surface area (Å²) in [5, 5.41) is 51.8. The zero-order valence-corrected chi connectivity index (χ0v) is 64.7. The molecule has 0 spiro atoms. The Morgan fingerprint density at radius 2 is 0.921 bits per heavy atom. The molecule has 6 aliphatic carbocycles. The molecule has 9 aliphatic rings. The van der Waals surface area contributed by atoms with E-state index in [9.17, 15) is 39.6 Å². The van der Waals surface area contributed by atoms with Crippen molar-refractivity contribution in [2.24, 2.45) is 33.5 Å². The van der Waals surface area contributed by atoms with Crippen LogP contribution in [0.1, 0.15) is 177 Å². The van der Waals surface area contributed by atoms with E-state index in [1.165, 1.54) is 40.9 Å². The minimum atomic E-state index is -2.40. The van der Waals surface area contributed by atoms with E-state index < -0.39 is 157 Å². The summed E-state index contributed by atoms with van der Waals surface area (Å²) in [6.07, 6.45) is -8.14. The second kappa shape index (κ2) is 31.7. The van der Waals surface area contributed by atoms with Gasteiger partial charge in [-0.25, -0.2) is 9.59 Å². The van der Waals surface area contributed by atoms with Crippen LogP contribution in [0.4, 0.5) is 0 Å². The zero-order valence-electron chi connectivity index (χ0n) is 62.7. The van der Waals surface area contributed by atoms with Crippen LogP contribution >= 0.6 is 0 Å². The third-order valence-electron chi connectivity index (χ3n) is 25.7. The third kappa shape index (κ3) is 13.8. The molecule has 2 aromatic carbocycles. The van der Waals surface area contributed by atoms with Crippen LogP contribution in [0.15, 0.2) is 83.0 Å². The van der Waals surface area contributed by atoms with Gasteiger partial charge in [-0.05, 0) is 124 Å². The molecule has 0 radical (unpaired) electrons. The largest absolute Gasteiger partial charge is 1.00 e. The van der Waals surface area contributed by atoms with Crippen molar-refractivity contribution in [3.05, 3.63) is 94.1 Å². The SMILES string of the molecule is C.C1CCOC1.CC[Si](CC)(CC)O[C@H]1C[C@H]2OC[C@@]2(OC(C)=O)[C@H]2[C@H](OC(=O)c3ccccc3)[C@]3(O)C[C@H](O)C(C)=C([C@@H](OC)C(=O)[C@]12C)C3(C)C.CC[Si](CC)(CC)O[C@H]1C[C@H]2OC[C@@]2(OC(C)=O)[C@H]2[C@H](OC(=O)c3ccccc3)[C@]3(O)C[C@H]([O-])C(C)=C([C@@H](OC)C(=O)[C@]12C)C3(C)C.[Li+]. The number of aliphatic hydroxyl groups is 3. The predicted molar refractivity (Wildman–Crippen MR) is 377 cm³/mol. The van der Waals surface area contributed by atoms with Gasteiger partial charge in [-0.1, -0.05) is 119 Å². The van der Waals surface area contributed by atoms with Gasteiger partial charge in [0.2, 0.25) is 0 Å². The number of ether oxygens (including phenoxy) is 9. The molecule has 0 unspecified atom stereocenters. The fraction of sp³-hybridized carbons (Fsp3) is 0.714. The van der Waals surface area contributed by atoms with Crippen molar-refractivity contribution in [1.29, 1.82) is 0 Å². The smallest absolute Gasteiger partial charge is 0.849 e. The summed E-state index contributed by atoms with van der Waals surface area (Å²) in [5.41, 5.74) is -10.1. The fourth-order valence-electron chi connectivity index (χ4n) is 19.1. The summed E-state index contributed by atoms with van der Waals surface area (Å²) in [6.45, 7) is 31.2. The van der Waals surface area contributed by atoms with Crippen molar-refractivity contribution in [2.45, 2.75) is 276 Å². The first-order valence-electron chi connectivity index (χ1n) is 36.0. The molecule has 0 amide bonds. The maximum absolute atomic E-state index is 15.5. The van der Waals surface area contributed by atoms with Gasteiger partial charge in [0.05, 0.1) is 65.3 Å². The van der Waals surface area contributed by atoms with Crippen LogP contribution in [0.3, 0.4) is 0 Å². The summed E-state index contributed by atoms with van der Waals surface area (Å²) in [5.74, 6) is -5.60. The average molecular weight is 1440 g/mol. The Morgan fingerprint density at radius 1 is 0.574 bits per heavy atom. The van der Waals surface area contributed by atoms with Crippen molar-refractivity contribution in [1.82, 2.24) is 0 Å². The predicted octanol–water partition coefficient (Wildman–Crippen LogP) is 7.34. The minimum absolute atomic E-state index is 0. The number of carbonyl (C=O) groups excluding carboxylic acids is 6. The van der Waals surface area contributed by atoms with E-state index in [1.54, 1.807) is 116 Å². The van der Waals surface area contributed by atoms with Crippen molar-refractivity contribution in [3.8, 4) is 0 Å². The molecule has 3 N–H and O–H groups in total. The standard InChI is InChI=1S/C36H52O10Si.C36H51O10Si.C4H8O.CH4.Li/c2*1-10-47(11-2,12-3)46-25-18-26-35(20-43-26,45-22(5)37)29-31(44-32(40)23-16-14-13-15-17-23)36(41)19-24(38)21(4)27(33(36,6)7)28(42-9)30(39)34(25,29)8;1-2-4-5-3-1;;/h13-17,24-26,28-29,31,38,41H,10-12,18-20H2,1-9H3;13-17,24-26,28-29,31,41H,10-12,18-20H2,1-9H3;1-4H2;1H4;/q;-1;;;+1/t2*24-,25-,26+,28+,29-,31-,34+,35-,36+;;;/m00.../s1. The molecule has 4 bridgehead atoms. The van der Waals surface area contributed by atoms with Crippen LogP contribution < -0.4 is 24.0 Å². The zero-order chi connectivity index (χ0) is 73.0. The van der Waals surface area contributed by atoms with Crippen molar-refractivity contribution < 1.29 is 120 Å². The third-order valence-corrected chi connectivity index (χ3v) is 35.0. The number of fused-ring (bicyclic) bond motifs is 10. The molecule has 558 valence electrons. The van der Waals surface area contributed by atoms with E-state index in [4.69, 9.17) is 51.5 Å². The molecule has 18 atom stereocenters. The molecule has 24 heteroatoms. The summed E-state index contributed by atoms with van der Waals surface area (Å²) in [4.78, 5) is 84.9. The minimum Gasteiger partial charge on any atom is -0.849 e. The first kappa shape index (κ1) is 84.0. The van der Waals surface area contributed by atoms with Crippen molar-refractivity contribution in [3.63, 3.8) is 0 Å². The molecular formula is C77H115LiO21Si2. The summed E-state index contributed by atoms with van der Waals surface area (Å²) >= 11 is 0. The van der Waals surface area contributed by atoms with E-state index in [0.29, 0.717) is 22.3 Å². The van der Waals surface area contributed by atoms with Gasteiger partial charge in [-0.3, -0.25) is 19.2 Å². The number of Topliss-reactive ketones (excluding diaryl/α,β-unsaturated/α-hetero) is 2. The first-order valence-corrected chi connectivity index (χ1v) is 41.0. The van der Waals surface area contributed by atoms with Gasteiger partial charge in [0.15, 0.2) is 39.4 Å². The van der Waals surface area contributed by atoms with E-state index in [-0.39, 0.29) is 87.9 Å². The maximum Gasteiger partial charge on any atom is 1.00 e. The number of hydrogen-bond acceptors (Lipinski definition) is 21. The summed E-state index contributed by atoms with van der Waals surface area (Å²) < 4.78 is 69.1. The number of methoxy groups -OCH3 is 2. The van der Waals surface area contributed by atoms with Crippen LogP contribution in [0.2, 0.25) is 36.3 Å². The van der Waals surface area contributed by atoms with E-state index >= 15 is 9.59 Å². The number of rotatable bonds is 18.